The van der Waals surface area contributed by atoms with E-state index in [9.17, 15) is 0 Å². The van der Waals surface area contributed by atoms with Gasteiger partial charge < -0.3 is 19.9 Å². The third-order valence-electron chi connectivity index (χ3n) is 2.46. The quantitative estimate of drug-likeness (QED) is 0.837. The van der Waals surface area contributed by atoms with Gasteiger partial charge in [0.25, 0.3) is 5.88 Å². The van der Waals surface area contributed by atoms with Crippen LogP contribution in [0, 0.1) is 0 Å². The second-order valence-electron chi connectivity index (χ2n) is 3.75. The van der Waals surface area contributed by atoms with Crippen molar-refractivity contribution in [2.24, 2.45) is 0 Å². The predicted molar refractivity (Wildman–Crippen MR) is 72.9 cm³/mol. The maximum absolute atomic E-state index is 5.90. The number of methoxy groups -OCH3 is 1. The van der Waals surface area contributed by atoms with Crippen molar-refractivity contribution in [2.45, 2.75) is 6.92 Å². The van der Waals surface area contributed by atoms with E-state index in [1.165, 1.54) is 0 Å². The summed E-state index contributed by atoms with van der Waals surface area (Å²) in [6.45, 7) is 2.44. The largest absolute Gasteiger partial charge is 0.497 e. The SMILES string of the molecule is CCOc1cccnc1Oc1ccc(OC)cc1N. The van der Waals surface area contributed by atoms with Crippen molar-refractivity contribution in [3.8, 4) is 23.1 Å². The van der Waals surface area contributed by atoms with Crippen molar-refractivity contribution in [3.05, 3.63) is 36.5 Å². The molecule has 0 aliphatic heterocycles. The molecule has 1 aromatic heterocycles. The molecule has 100 valence electrons. The van der Waals surface area contributed by atoms with E-state index < -0.39 is 0 Å². The van der Waals surface area contributed by atoms with Gasteiger partial charge in [-0.2, -0.15) is 0 Å². The van der Waals surface area contributed by atoms with Crippen LogP contribution >= 0.6 is 0 Å². The number of ether oxygens (including phenoxy) is 3. The van der Waals surface area contributed by atoms with E-state index in [4.69, 9.17) is 19.9 Å². The first-order chi connectivity index (χ1) is 9.24. The molecule has 19 heavy (non-hydrogen) atoms. The van der Waals surface area contributed by atoms with E-state index in [1.54, 1.807) is 43.6 Å². The Hall–Kier alpha value is -2.43. The molecule has 0 fully saturated rings. The highest BCUT2D eigenvalue weighted by Crippen LogP contribution is 2.33. The number of benzene rings is 1. The van der Waals surface area contributed by atoms with Crippen molar-refractivity contribution >= 4 is 5.69 Å². The number of hydrogen-bond acceptors (Lipinski definition) is 5. The van der Waals surface area contributed by atoms with Gasteiger partial charge in [-0.25, -0.2) is 4.98 Å². The van der Waals surface area contributed by atoms with Crippen LogP contribution in [0.15, 0.2) is 36.5 Å². The zero-order valence-electron chi connectivity index (χ0n) is 10.9. The van der Waals surface area contributed by atoms with Gasteiger partial charge in [-0.1, -0.05) is 0 Å². The van der Waals surface area contributed by atoms with Crippen molar-refractivity contribution in [2.75, 3.05) is 19.5 Å². The molecule has 1 heterocycles. The Morgan fingerprint density at radius 1 is 1.21 bits per heavy atom. The number of nitrogen functional groups attached to an aromatic ring is 1. The summed E-state index contributed by atoms with van der Waals surface area (Å²) in [5.41, 5.74) is 6.37. The molecule has 0 bridgehead atoms. The molecule has 0 saturated heterocycles. The minimum atomic E-state index is 0.390. The van der Waals surface area contributed by atoms with Gasteiger partial charge >= 0.3 is 0 Å². The fourth-order valence-corrected chi connectivity index (χ4v) is 1.57. The number of pyridine rings is 1. The number of nitrogens with two attached hydrogens (primary N) is 1. The lowest BCUT2D eigenvalue weighted by Gasteiger charge is -2.12. The van der Waals surface area contributed by atoms with E-state index >= 15 is 0 Å². The lowest BCUT2D eigenvalue weighted by Crippen LogP contribution is -1.98. The Labute approximate surface area is 111 Å². The molecule has 2 N–H and O–H groups in total. The average Bonchev–Trinajstić information content (AvgIpc) is 2.43. The summed E-state index contributed by atoms with van der Waals surface area (Å²) in [5, 5.41) is 0. The summed E-state index contributed by atoms with van der Waals surface area (Å²) < 4.78 is 16.2. The van der Waals surface area contributed by atoms with E-state index in [0.717, 1.165) is 0 Å². The van der Waals surface area contributed by atoms with Crippen LogP contribution in [0.2, 0.25) is 0 Å². The van der Waals surface area contributed by atoms with E-state index in [1.807, 2.05) is 6.92 Å². The molecular weight excluding hydrogens is 244 g/mol. The molecule has 0 atom stereocenters. The van der Waals surface area contributed by atoms with Crippen LogP contribution in [0.3, 0.4) is 0 Å². The normalized spacial score (nSPS) is 10.0. The van der Waals surface area contributed by atoms with Crippen molar-refractivity contribution in [1.29, 1.82) is 0 Å². The molecule has 0 saturated carbocycles. The van der Waals surface area contributed by atoms with Gasteiger partial charge in [0.05, 0.1) is 19.4 Å². The highest BCUT2D eigenvalue weighted by atomic mass is 16.5. The predicted octanol–water partition coefficient (Wildman–Crippen LogP) is 2.86. The summed E-state index contributed by atoms with van der Waals surface area (Å²) >= 11 is 0. The highest BCUT2D eigenvalue weighted by Gasteiger charge is 2.09. The topological polar surface area (TPSA) is 66.6 Å². The van der Waals surface area contributed by atoms with Gasteiger partial charge in [-0.3, -0.25) is 0 Å². The molecule has 2 aromatic rings. The molecular formula is C14H16N2O3. The highest BCUT2D eigenvalue weighted by molar-refractivity contribution is 5.57. The fraction of sp³-hybridized carbons (Fsp3) is 0.214. The minimum absolute atomic E-state index is 0.390. The Kier molecular flexibility index (Phi) is 4.07. The maximum Gasteiger partial charge on any atom is 0.262 e. The lowest BCUT2D eigenvalue weighted by atomic mass is 10.3. The van der Waals surface area contributed by atoms with Crippen molar-refractivity contribution in [1.82, 2.24) is 4.98 Å². The standard InChI is InChI=1S/C14H16N2O3/c1-3-18-13-5-4-8-16-14(13)19-12-7-6-10(17-2)9-11(12)15/h4-9H,3,15H2,1-2H3. The van der Waals surface area contributed by atoms with Gasteiger partial charge in [-0.15, -0.1) is 0 Å². The number of nitrogens with zero attached hydrogens (tertiary/aromatic N) is 1. The second kappa shape index (κ2) is 5.95. The molecule has 0 spiro atoms. The number of rotatable bonds is 5. The third-order valence-corrected chi connectivity index (χ3v) is 2.46. The van der Waals surface area contributed by atoms with Crippen LogP contribution in [0.1, 0.15) is 6.92 Å². The second-order valence-corrected chi connectivity index (χ2v) is 3.75. The summed E-state index contributed by atoms with van der Waals surface area (Å²) in [6, 6.07) is 8.78. The molecule has 0 amide bonds. The Morgan fingerprint density at radius 3 is 2.74 bits per heavy atom. The van der Waals surface area contributed by atoms with Gasteiger partial charge in [0.1, 0.15) is 5.75 Å². The Bertz CT molecular complexity index is 558. The average molecular weight is 260 g/mol. The maximum atomic E-state index is 5.90. The number of anilines is 1. The summed E-state index contributed by atoms with van der Waals surface area (Å²) in [6.07, 6.45) is 1.64. The van der Waals surface area contributed by atoms with Crippen LogP contribution in [0.5, 0.6) is 23.1 Å². The van der Waals surface area contributed by atoms with E-state index in [2.05, 4.69) is 4.98 Å². The van der Waals surface area contributed by atoms with Gasteiger partial charge in [0, 0.05) is 12.3 Å². The van der Waals surface area contributed by atoms with Crippen LogP contribution in [0.4, 0.5) is 5.69 Å². The van der Waals surface area contributed by atoms with Crippen LogP contribution in [-0.4, -0.2) is 18.7 Å². The smallest absolute Gasteiger partial charge is 0.262 e. The molecule has 5 heteroatoms. The molecule has 1 aromatic carbocycles. The van der Waals surface area contributed by atoms with Gasteiger partial charge in [0.15, 0.2) is 11.5 Å². The van der Waals surface area contributed by atoms with Crippen LogP contribution in [0.25, 0.3) is 0 Å². The van der Waals surface area contributed by atoms with E-state index in [0.29, 0.717) is 35.4 Å². The molecule has 2 rings (SSSR count). The molecule has 0 aliphatic rings. The first-order valence-corrected chi connectivity index (χ1v) is 5.93. The van der Waals surface area contributed by atoms with Gasteiger partial charge in [0.2, 0.25) is 0 Å². The third kappa shape index (κ3) is 3.07. The number of hydrogen-bond donors (Lipinski definition) is 1. The lowest BCUT2D eigenvalue weighted by molar-refractivity contribution is 0.316. The zero-order chi connectivity index (χ0) is 13.7. The summed E-state index contributed by atoms with van der Waals surface area (Å²) in [7, 11) is 1.58. The van der Waals surface area contributed by atoms with Gasteiger partial charge in [-0.05, 0) is 31.2 Å². The first kappa shape index (κ1) is 13.0. The van der Waals surface area contributed by atoms with Crippen molar-refractivity contribution < 1.29 is 14.2 Å². The zero-order valence-corrected chi connectivity index (χ0v) is 10.9. The van der Waals surface area contributed by atoms with Crippen LogP contribution < -0.4 is 19.9 Å². The molecule has 5 nitrogen and oxygen atoms in total. The monoisotopic (exact) mass is 260 g/mol. The van der Waals surface area contributed by atoms with Crippen LogP contribution in [-0.2, 0) is 0 Å². The first-order valence-electron chi connectivity index (χ1n) is 5.93. The summed E-state index contributed by atoms with van der Waals surface area (Å²) in [4.78, 5) is 4.14. The Balaban J connectivity index is 2.26. The van der Waals surface area contributed by atoms with E-state index in [-0.39, 0.29) is 0 Å². The fourth-order valence-electron chi connectivity index (χ4n) is 1.57. The minimum Gasteiger partial charge on any atom is -0.497 e. The molecule has 0 aliphatic carbocycles. The molecule has 0 unspecified atom stereocenters. The Morgan fingerprint density at radius 2 is 2.05 bits per heavy atom. The van der Waals surface area contributed by atoms with Crippen molar-refractivity contribution in [3.63, 3.8) is 0 Å². The number of aromatic nitrogens is 1. The summed E-state index contributed by atoms with van der Waals surface area (Å²) in [5.74, 6) is 2.16. The molecule has 0 radical (unpaired) electrons.